The topological polar surface area (TPSA) is 54.3 Å². The van der Waals surface area contributed by atoms with Crippen LogP contribution in [0.3, 0.4) is 0 Å². The van der Waals surface area contributed by atoms with Crippen molar-refractivity contribution in [2.24, 2.45) is 0 Å². The number of halogens is 1. The van der Waals surface area contributed by atoms with Gasteiger partial charge in [0.25, 0.3) is 0 Å². The fourth-order valence-corrected chi connectivity index (χ4v) is 4.34. The zero-order valence-corrected chi connectivity index (χ0v) is 16.9. The lowest BCUT2D eigenvalue weighted by molar-refractivity contribution is -0.137. The van der Waals surface area contributed by atoms with E-state index in [0.29, 0.717) is 12.1 Å². The van der Waals surface area contributed by atoms with Gasteiger partial charge in [-0.3, -0.25) is 4.79 Å². The molecule has 0 spiro atoms. The molecule has 4 rings (SSSR count). The van der Waals surface area contributed by atoms with E-state index in [0.717, 1.165) is 50.5 Å². The van der Waals surface area contributed by atoms with Gasteiger partial charge in [0.1, 0.15) is 11.6 Å². The molecule has 2 aromatic rings. The predicted molar refractivity (Wildman–Crippen MR) is 104 cm³/mol. The molecule has 1 fully saturated rings. The van der Waals surface area contributed by atoms with Gasteiger partial charge in [-0.05, 0) is 51.4 Å². The second-order valence-electron chi connectivity index (χ2n) is 8.47. The SMILES string of the molecule is CN1CCc2nnc(C3CCCN3C(=O)C(C)(C)c3cccc(F)c3)n2CC1. The number of nitrogens with zero attached hydrogens (tertiary/aromatic N) is 5. The Balaban J connectivity index is 1.62. The number of rotatable bonds is 3. The van der Waals surface area contributed by atoms with Crippen LogP contribution in [0.1, 0.15) is 49.9 Å². The van der Waals surface area contributed by atoms with E-state index in [4.69, 9.17) is 0 Å². The number of aromatic nitrogens is 3. The van der Waals surface area contributed by atoms with Gasteiger partial charge in [-0.15, -0.1) is 10.2 Å². The minimum Gasteiger partial charge on any atom is -0.332 e. The number of benzene rings is 1. The zero-order chi connectivity index (χ0) is 19.9. The number of likely N-dealkylation sites (tertiary alicyclic amines) is 1. The maximum Gasteiger partial charge on any atom is 0.233 e. The molecule has 0 saturated carbocycles. The van der Waals surface area contributed by atoms with Crippen molar-refractivity contribution in [1.82, 2.24) is 24.6 Å². The third kappa shape index (κ3) is 3.32. The van der Waals surface area contributed by atoms with E-state index in [1.54, 1.807) is 6.07 Å². The zero-order valence-electron chi connectivity index (χ0n) is 16.9. The molecule has 1 aromatic carbocycles. The highest BCUT2D eigenvalue weighted by Crippen LogP contribution is 2.36. The molecule has 6 nitrogen and oxygen atoms in total. The number of amides is 1. The smallest absolute Gasteiger partial charge is 0.233 e. The van der Waals surface area contributed by atoms with Gasteiger partial charge in [-0.25, -0.2) is 4.39 Å². The summed E-state index contributed by atoms with van der Waals surface area (Å²) >= 11 is 0. The molecule has 3 heterocycles. The lowest BCUT2D eigenvalue weighted by atomic mass is 9.83. The maximum atomic E-state index is 13.7. The fourth-order valence-electron chi connectivity index (χ4n) is 4.34. The number of carbonyl (C=O) groups excluding carboxylic acids is 1. The van der Waals surface area contributed by atoms with Gasteiger partial charge in [-0.2, -0.15) is 0 Å². The Hall–Kier alpha value is -2.28. The van der Waals surface area contributed by atoms with Crippen molar-refractivity contribution in [3.63, 3.8) is 0 Å². The molecule has 1 unspecified atom stereocenters. The van der Waals surface area contributed by atoms with Gasteiger partial charge in [0.05, 0.1) is 11.5 Å². The summed E-state index contributed by atoms with van der Waals surface area (Å²) in [7, 11) is 2.12. The van der Waals surface area contributed by atoms with E-state index in [1.807, 2.05) is 24.8 Å². The molecule has 2 aliphatic rings. The van der Waals surface area contributed by atoms with Crippen molar-refractivity contribution in [2.75, 3.05) is 26.7 Å². The Morgan fingerprint density at radius 1 is 1.18 bits per heavy atom. The predicted octanol–water partition coefficient (Wildman–Crippen LogP) is 2.55. The summed E-state index contributed by atoms with van der Waals surface area (Å²) in [4.78, 5) is 17.7. The molecule has 0 radical (unpaired) electrons. The summed E-state index contributed by atoms with van der Waals surface area (Å²) in [6, 6.07) is 6.29. The molecular formula is C21H28FN5O. The molecule has 0 aliphatic carbocycles. The standard InChI is InChI=1S/C21H28FN5O/c1-21(2,15-6-4-7-16(22)14-15)20(28)26-10-5-8-17(26)19-24-23-18-9-11-25(3)12-13-27(18)19/h4,6-7,14,17H,5,8-13H2,1-3H3. The minimum absolute atomic E-state index is 0.0173. The van der Waals surface area contributed by atoms with Crippen LogP contribution in [0.4, 0.5) is 4.39 Å². The summed E-state index contributed by atoms with van der Waals surface area (Å²) in [5, 5.41) is 8.91. The van der Waals surface area contributed by atoms with Gasteiger partial charge in [0, 0.05) is 32.6 Å². The molecule has 7 heteroatoms. The Kier molecular flexibility index (Phi) is 4.95. The van der Waals surface area contributed by atoms with Gasteiger partial charge in [-0.1, -0.05) is 12.1 Å². The number of fused-ring (bicyclic) bond motifs is 1. The summed E-state index contributed by atoms with van der Waals surface area (Å²) in [6.45, 7) is 7.22. The number of likely N-dealkylation sites (N-methyl/N-ethyl adjacent to an activating group) is 1. The Bertz CT molecular complexity index is 877. The van der Waals surface area contributed by atoms with E-state index in [2.05, 4.69) is 26.7 Å². The highest BCUT2D eigenvalue weighted by Gasteiger charge is 2.41. The van der Waals surface area contributed by atoms with Crippen molar-refractivity contribution in [2.45, 2.75) is 51.1 Å². The highest BCUT2D eigenvalue weighted by molar-refractivity contribution is 5.88. The van der Waals surface area contributed by atoms with Crippen LogP contribution in [0, 0.1) is 5.82 Å². The van der Waals surface area contributed by atoms with Gasteiger partial charge < -0.3 is 14.4 Å². The van der Waals surface area contributed by atoms with Crippen LogP contribution in [0.2, 0.25) is 0 Å². The monoisotopic (exact) mass is 385 g/mol. The third-order valence-electron chi connectivity index (χ3n) is 6.17. The van der Waals surface area contributed by atoms with Gasteiger partial charge in [0.2, 0.25) is 5.91 Å². The van der Waals surface area contributed by atoms with Crippen LogP contribution in [0.25, 0.3) is 0 Å². The Morgan fingerprint density at radius 2 is 2.00 bits per heavy atom. The normalized spacial score (nSPS) is 20.9. The Morgan fingerprint density at radius 3 is 2.79 bits per heavy atom. The second-order valence-corrected chi connectivity index (χ2v) is 8.47. The lowest BCUT2D eigenvalue weighted by Gasteiger charge is -2.33. The van der Waals surface area contributed by atoms with Crippen molar-refractivity contribution >= 4 is 5.91 Å². The molecule has 150 valence electrons. The average Bonchev–Trinajstić information content (AvgIpc) is 3.26. The van der Waals surface area contributed by atoms with E-state index >= 15 is 0 Å². The van der Waals surface area contributed by atoms with Crippen LogP contribution in [0.15, 0.2) is 24.3 Å². The van der Waals surface area contributed by atoms with E-state index in [9.17, 15) is 9.18 Å². The van der Waals surface area contributed by atoms with E-state index < -0.39 is 5.41 Å². The molecule has 0 bridgehead atoms. The summed E-state index contributed by atoms with van der Waals surface area (Å²) in [5.74, 6) is 1.60. The van der Waals surface area contributed by atoms with Gasteiger partial charge >= 0.3 is 0 Å². The summed E-state index contributed by atoms with van der Waals surface area (Å²) in [6.07, 6.45) is 2.70. The number of hydrogen-bond acceptors (Lipinski definition) is 4. The van der Waals surface area contributed by atoms with Crippen LogP contribution in [0.5, 0.6) is 0 Å². The number of carbonyl (C=O) groups is 1. The van der Waals surface area contributed by atoms with Crippen LogP contribution in [-0.4, -0.2) is 57.2 Å². The van der Waals surface area contributed by atoms with Gasteiger partial charge in [0.15, 0.2) is 5.82 Å². The lowest BCUT2D eigenvalue weighted by Crippen LogP contribution is -2.43. The first-order chi connectivity index (χ1) is 13.4. The van der Waals surface area contributed by atoms with Crippen molar-refractivity contribution in [3.05, 3.63) is 47.3 Å². The van der Waals surface area contributed by atoms with Crippen LogP contribution < -0.4 is 0 Å². The first kappa shape index (κ1) is 19.1. The van der Waals surface area contributed by atoms with E-state index in [1.165, 1.54) is 12.1 Å². The quantitative estimate of drug-likeness (QED) is 0.815. The Labute approximate surface area is 165 Å². The molecule has 1 aromatic heterocycles. The van der Waals surface area contributed by atoms with Crippen molar-refractivity contribution < 1.29 is 9.18 Å². The van der Waals surface area contributed by atoms with E-state index in [-0.39, 0.29) is 17.8 Å². The molecule has 1 atom stereocenters. The molecule has 2 aliphatic heterocycles. The summed E-state index contributed by atoms with van der Waals surface area (Å²) in [5.41, 5.74) is -0.100. The van der Waals surface area contributed by atoms with Crippen LogP contribution in [-0.2, 0) is 23.2 Å². The third-order valence-corrected chi connectivity index (χ3v) is 6.17. The second kappa shape index (κ2) is 7.28. The number of hydrogen-bond donors (Lipinski definition) is 0. The average molecular weight is 385 g/mol. The molecule has 1 saturated heterocycles. The van der Waals surface area contributed by atoms with Crippen molar-refractivity contribution in [1.29, 1.82) is 0 Å². The molecule has 28 heavy (non-hydrogen) atoms. The van der Waals surface area contributed by atoms with Crippen molar-refractivity contribution in [3.8, 4) is 0 Å². The fraction of sp³-hybridized carbons (Fsp3) is 0.571. The maximum absolute atomic E-state index is 13.7. The minimum atomic E-state index is -0.799. The van der Waals surface area contributed by atoms with Crippen LogP contribution >= 0.6 is 0 Å². The highest BCUT2D eigenvalue weighted by atomic mass is 19.1. The first-order valence-electron chi connectivity index (χ1n) is 10.1. The summed E-state index contributed by atoms with van der Waals surface area (Å²) < 4.78 is 15.9. The largest absolute Gasteiger partial charge is 0.332 e. The molecule has 0 N–H and O–H groups in total. The molecule has 1 amide bonds. The first-order valence-corrected chi connectivity index (χ1v) is 10.1. The molecular weight excluding hydrogens is 357 g/mol.